The molecule has 1 atom stereocenters. The highest BCUT2D eigenvalue weighted by Gasteiger charge is 2.29. The van der Waals surface area contributed by atoms with Gasteiger partial charge in [-0.05, 0) is 53.3 Å². The lowest BCUT2D eigenvalue weighted by atomic mass is 10.0. The fourth-order valence-electron chi connectivity index (χ4n) is 3.63. The van der Waals surface area contributed by atoms with E-state index in [9.17, 15) is 0 Å². The molecule has 0 N–H and O–H groups in total. The molecule has 1 aliphatic heterocycles. The Kier molecular flexibility index (Phi) is 5.12. The van der Waals surface area contributed by atoms with Gasteiger partial charge in [-0.1, -0.05) is 0 Å². The summed E-state index contributed by atoms with van der Waals surface area (Å²) in [5.41, 5.74) is 3.96. The Hall–Kier alpha value is -2.95. The normalized spacial score (nSPS) is 15.3. The molecule has 7 nitrogen and oxygen atoms in total. The van der Waals surface area contributed by atoms with Crippen LogP contribution in [0, 0.1) is 16.3 Å². The van der Waals surface area contributed by atoms with Crippen molar-refractivity contribution in [2.24, 2.45) is 0 Å². The van der Waals surface area contributed by atoms with Crippen molar-refractivity contribution in [1.82, 2.24) is 19.5 Å². The number of nitrogens with zero attached hydrogens (tertiary/aromatic N) is 4. The number of imidazole rings is 1. The maximum Gasteiger partial charge on any atom is 0.212 e. The minimum absolute atomic E-state index is 0.122. The molecule has 0 saturated heterocycles. The van der Waals surface area contributed by atoms with Gasteiger partial charge in [-0.2, -0.15) is 0 Å². The van der Waals surface area contributed by atoms with E-state index in [1.807, 2.05) is 23.6 Å². The number of ether oxygens (including phenoxy) is 3. The molecule has 158 valence electrons. The summed E-state index contributed by atoms with van der Waals surface area (Å²) in [6, 6.07) is 7.03. The molecule has 1 unspecified atom stereocenters. The van der Waals surface area contributed by atoms with E-state index < -0.39 is 11.9 Å². The Morgan fingerprint density at radius 2 is 2.06 bits per heavy atom. The lowest BCUT2D eigenvalue weighted by molar-refractivity contribution is 0.0845. The molecule has 0 spiro atoms. The largest absolute Gasteiger partial charge is 0.485 e. The topological polar surface area (TPSA) is 71.3 Å². The highest BCUT2D eigenvalue weighted by atomic mass is 127. The number of fused-ring (bicyclic) bond motifs is 2. The van der Waals surface area contributed by atoms with Crippen LogP contribution in [-0.4, -0.2) is 33.2 Å². The van der Waals surface area contributed by atoms with Gasteiger partial charge in [-0.25, -0.2) is 19.3 Å². The van der Waals surface area contributed by atoms with Crippen LogP contribution in [-0.2, 0) is 6.54 Å². The van der Waals surface area contributed by atoms with Crippen molar-refractivity contribution in [3.8, 4) is 17.4 Å². The van der Waals surface area contributed by atoms with Gasteiger partial charge in [0.2, 0.25) is 5.88 Å². The monoisotopic (exact) mass is 532 g/mol. The molecule has 1 aromatic carbocycles. The van der Waals surface area contributed by atoms with Crippen molar-refractivity contribution in [1.29, 1.82) is 0 Å². The molecule has 4 aromatic rings. The molecule has 1 aliphatic rings. The number of benzene rings is 1. The molecule has 0 saturated carbocycles. The molecular weight excluding hydrogens is 514 g/mol. The fourth-order valence-corrected chi connectivity index (χ4v) is 4.06. The van der Waals surface area contributed by atoms with Crippen LogP contribution in [0.2, 0.25) is 0 Å². The summed E-state index contributed by atoms with van der Waals surface area (Å²) in [6.45, 7) is 2.59. The molecule has 4 heterocycles. The van der Waals surface area contributed by atoms with Crippen LogP contribution < -0.4 is 14.2 Å². The smallest absolute Gasteiger partial charge is 0.212 e. The quantitative estimate of drug-likeness (QED) is 0.362. The molecule has 0 radical (unpaired) electrons. The van der Waals surface area contributed by atoms with Gasteiger partial charge in [0, 0.05) is 33.2 Å². The average molecular weight is 532 g/mol. The lowest BCUT2D eigenvalue weighted by Gasteiger charge is -2.29. The molecule has 0 bridgehead atoms. The van der Waals surface area contributed by atoms with E-state index in [4.69, 9.17) is 14.2 Å². The maximum atomic E-state index is 15.0. The summed E-state index contributed by atoms with van der Waals surface area (Å²) in [7, 11) is 1.55. The van der Waals surface area contributed by atoms with E-state index in [0.29, 0.717) is 18.2 Å². The van der Waals surface area contributed by atoms with E-state index in [0.717, 1.165) is 31.4 Å². The second-order valence-corrected chi connectivity index (χ2v) is 8.47. The summed E-state index contributed by atoms with van der Waals surface area (Å²) in [5, 5.41) is 0. The van der Waals surface area contributed by atoms with Gasteiger partial charge < -0.3 is 18.8 Å². The van der Waals surface area contributed by atoms with Crippen molar-refractivity contribution in [2.45, 2.75) is 19.6 Å². The fraction of sp³-hybridized carbons (Fsp3) is 0.227. The van der Waals surface area contributed by atoms with Crippen molar-refractivity contribution < 1.29 is 18.6 Å². The van der Waals surface area contributed by atoms with Gasteiger partial charge in [0.1, 0.15) is 12.1 Å². The molecule has 31 heavy (non-hydrogen) atoms. The average Bonchev–Trinajstić information content (AvgIpc) is 3.18. The standard InChI is InChI=1S/C22H18FIN4O3/c1-12-14(9-28-11-27-17-6-15(24)8-26-22(17)28)5-16(23)21-20(12)30-10-18(31-21)13-3-4-19(29-2)25-7-13/h3-8,11,18H,9-10H2,1-2H3. The van der Waals surface area contributed by atoms with Crippen molar-refractivity contribution in [3.63, 3.8) is 0 Å². The van der Waals surface area contributed by atoms with Crippen molar-refractivity contribution >= 4 is 33.8 Å². The highest BCUT2D eigenvalue weighted by Crippen LogP contribution is 2.42. The summed E-state index contributed by atoms with van der Waals surface area (Å²) >= 11 is 2.20. The molecule has 3 aromatic heterocycles. The second kappa shape index (κ2) is 7.95. The van der Waals surface area contributed by atoms with Crippen LogP contribution in [0.1, 0.15) is 22.8 Å². The number of pyridine rings is 2. The zero-order chi connectivity index (χ0) is 21.5. The van der Waals surface area contributed by atoms with Crippen LogP contribution in [0.25, 0.3) is 11.2 Å². The zero-order valence-corrected chi connectivity index (χ0v) is 19.0. The number of hydrogen-bond donors (Lipinski definition) is 0. The van der Waals surface area contributed by atoms with Crippen LogP contribution in [0.4, 0.5) is 4.39 Å². The predicted octanol–water partition coefficient (Wildman–Crippen LogP) is 4.45. The minimum Gasteiger partial charge on any atom is -0.485 e. The van der Waals surface area contributed by atoms with Crippen molar-refractivity contribution in [3.05, 3.63) is 69.1 Å². The number of methoxy groups -OCH3 is 1. The van der Waals surface area contributed by atoms with E-state index in [1.165, 1.54) is 6.07 Å². The first-order valence-electron chi connectivity index (χ1n) is 9.61. The number of aromatic nitrogens is 4. The maximum absolute atomic E-state index is 15.0. The molecule has 5 rings (SSSR count). The lowest BCUT2D eigenvalue weighted by Crippen LogP contribution is -2.23. The van der Waals surface area contributed by atoms with Gasteiger partial charge in [-0.3, -0.25) is 0 Å². The van der Waals surface area contributed by atoms with E-state index >= 15 is 4.39 Å². The summed E-state index contributed by atoms with van der Waals surface area (Å²) in [4.78, 5) is 13.1. The summed E-state index contributed by atoms with van der Waals surface area (Å²) in [6.07, 6.45) is 4.70. The van der Waals surface area contributed by atoms with Crippen LogP contribution >= 0.6 is 22.6 Å². The first-order valence-corrected chi connectivity index (χ1v) is 10.7. The molecular formula is C22H18FIN4O3. The minimum atomic E-state index is -0.464. The van der Waals surface area contributed by atoms with E-state index in [1.54, 1.807) is 31.9 Å². The molecule has 0 fully saturated rings. The number of halogens is 2. The Morgan fingerprint density at radius 1 is 1.19 bits per heavy atom. The summed E-state index contributed by atoms with van der Waals surface area (Å²) in [5.74, 6) is 0.591. The third-order valence-corrected chi connectivity index (χ3v) is 5.88. The third-order valence-electron chi connectivity index (χ3n) is 5.29. The van der Waals surface area contributed by atoms with Gasteiger partial charge in [-0.15, -0.1) is 0 Å². The van der Waals surface area contributed by atoms with Gasteiger partial charge in [0.05, 0.1) is 20.0 Å². The van der Waals surface area contributed by atoms with Gasteiger partial charge in [0.25, 0.3) is 0 Å². The van der Waals surface area contributed by atoms with Crippen LogP contribution in [0.3, 0.4) is 0 Å². The first-order chi connectivity index (χ1) is 15.0. The predicted molar refractivity (Wildman–Crippen MR) is 120 cm³/mol. The molecule has 0 amide bonds. The Balaban J connectivity index is 1.44. The summed E-state index contributed by atoms with van der Waals surface area (Å²) < 4.78 is 34.9. The second-order valence-electron chi connectivity index (χ2n) is 7.22. The number of rotatable bonds is 4. The van der Waals surface area contributed by atoms with Crippen molar-refractivity contribution in [2.75, 3.05) is 13.7 Å². The Labute approximate surface area is 191 Å². The zero-order valence-electron chi connectivity index (χ0n) is 16.8. The molecule has 9 heteroatoms. The molecule has 0 aliphatic carbocycles. The highest BCUT2D eigenvalue weighted by molar-refractivity contribution is 14.1. The van der Waals surface area contributed by atoms with E-state index in [2.05, 4.69) is 37.5 Å². The van der Waals surface area contributed by atoms with E-state index in [-0.39, 0.29) is 12.4 Å². The van der Waals surface area contributed by atoms with Gasteiger partial charge in [0.15, 0.2) is 29.1 Å². The van der Waals surface area contributed by atoms with Gasteiger partial charge >= 0.3 is 0 Å². The number of hydrogen-bond acceptors (Lipinski definition) is 6. The Morgan fingerprint density at radius 3 is 2.84 bits per heavy atom. The first kappa shape index (κ1) is 20.0. The SMILES string of the molecule is COc1ccc(C2COc3c(C)c(Cn4cnc5cc(I)cnc54)cc(F)c3O2)cn1. The van der Waals surface area contributed by atoms with Crippen LogP contribution in [0.15, 0.2) is 43.0 Å². The Bertz CT molecular complexity index is 1280. The van der Waals surface area contributed by atoms with Crippen LogP contribution in [0.5, 0.6) is 17.4 Å². The third kappa shape index (κ3) is 3.67.